The van der Waals surface area contributed by atoms with Gasteiger partial charge in [-0.05, 0) is 18.2 Å². The number of amides is 2. The molecule has 0 bridgehead atoms. The molecule has 2 aromatic heterocycles. The molecule has 0 aliphatic carbocycles. The maximum atomic E-state index is 12.8. The molecule has 2 N–H and O–H groups in total. The van der Waals surface area contributed by atoms with Crippen molar-refractivity contribution in [3.8, 4) is 5.75 Å². The van der Waals surface area contributed by atoms with Crippen molar-refractivity contribution in [3.63, 3.8) is 0 Å². The van der Waals surface area contributed by atoms with Crippen LogP contribution in [0.2, 0.25) is 0 Å². The van der Waals surface area contributed by atoms with E-state index in [0.29, 0.717) is 43.3 Å². The average molecular weight is 410 g/mol. The smallest absolute Gasteiger partial charge is 0.407 e. The molecule has 3 heterocycles. The zero-order valence-electron chi connectivity index (χ0n) is 16.7. The number of pyridine rings is 1. The zero-order chi connectivity index (χ0) is 21.3. The first-order valence-electron chi connectivity index (χ1n) is 9.46. The first-order valence-corrected chi connectivity index (χ1v) is 9.46. The number of hydrogen-bond acceptors (Lipinski definition) is 6. The van der Waals surface area contributed by atoms with Gasteiger partial charge >= 0.3 is 6.09 Å². The van der Waals surface area contributed by atoms with Crippen LogP contribution >= 0.6 is 0 Å². The Kier molecular flexibility index (Phi) is 5.13. The lowest BCUT2D eigenvalue weighted by Crippen LogP contribution is -2.48. The Balaban J connectivity index is 1.46. The van der Waals surface area contributed by atoms with Gasteiger partial charge in [-0.3, -0.25) is 9.48 Å². The Morgan fingerprint density at radius 2 is 1.93 bits per heavy atom. The SMILES string of the molecule is COc1cc2nn(C)cc2cc1C(=O)Nc1ccc(N2CCN(C(=O)O)CC2)cn1. The van der Waals surface area contributed by atoms with Gasteiger partial charge in [-0.1, -0.05) is 0 Å². The summed E-state index contributed by atoms with van der Waals surface area (Å²) in [6.07, 6.45) is 2.61. The summed E-state index contributed by atoms with van der Waals surface area (Å²) >= 11 is 0. The summed E-state index contributed by atoms with van der Waals surface area (Å²) in [7, 11) is 3.33. The van der Waals surface area contributed by atoms with Crippen molar-refractivity contribution in [2.75, 3.05) is 43.5 Å². The summed E-state index contributed by atoms with van der Waals surface area (Å²) in [5, 5.41) is 17.0. The molecule has 1 fully saturated rings. The lowest BCUT2D eigenvalue weighted by Gasteiger charge is -2.34. The lowest BCUT2D eigenvalue weighted by molar-refractivity contribution is 0.102. The molecule has 0 spiro atoms. The van der Waals surface area contributed by atoms with Crippen LogP contribution < -0.4 is 15.0 Å². The number of fused-ring (bicyclic) bond motifs is 1. The Hall–Kier alpha value is -3.82. The molecule has 3 aromatic rings. The summed E-state index contributed by atoms with van der Waals surface area (Å²) in [4.78, 5) is 31.6. The van der Waals surface area contributed by atoms with Gasteiger partial charge in [0.05, 0.1) is 30.1 Å². The second-order valence-corrected chi connectivity index (χ2v) is 7.03. The number of methoxy groups -OCH3 is 1. The van der Waals surface area contributed by atoms with Gasteiger partial charge in [-0.15, -0.1) is 0 Å². The van der Waals surface area contributed by atoms with Crippen molar-refractivity contribution in [2.45, 2.75) is 0 Å². The Morgan fingerprint density at radius 3 is 2.57 bits per heavy atom. The van der Waals surface area contributed by atoms with Gasteiger partial charge in [0.1, 0.15) is 11.6 Å². The number of aryl methyl sites for hydroxylation is 1. The van der Waals surface area contributed by atoms with E-state index >= 15 is 0 Å². The molecule has 30 heavy (non-hydrogen) atoms. The molecule has 10 nitrogen and oxygen atoms in total. The molecule has 1 saturated heterocycles. The number of benzene rings is 1. The summed E-state index contributed by atoms with van der Waals surface area (Å²) in [6.45, 7) is 2.10. The van der Waals surface area contributed by atoms with Crippen LogP contribution in [0.3, 0.4) is 0 Å². The predicted molar refractivity (Wildman–Crippen MR) is 111 cm³/mol. The highest BCUT2D eigenvalue weighted by atomic mass is 16.5. The van der Waals surface area contributed by atoms with Crippen LogP contribution in [0, 0.1) is 0 Å². The Labute approximate surface area is 172 Å². The minimum Gasteiger partial charge on any atom is -0.496 e. The van der Waals surface area contributed by atoms with Crippen molar-refractivity contribution in [3.05, 3.63) is 42.2 Å². The maximum Gasteiger partial charge on any atom is 0.407 e. The second kappa shape index (κ2) is 7.90. The molecule has 1 aliphatic rings. The molecule has 0 atom stereocenters. The third-order valence-electron chi connectivity index (χ3n) is 5.09. The molecular formula is C20H22N6O4. The highest BCUT2D eigenvalue weighted by Crippen LogP contribution is 2.26. The molecule has 0 radical (unpaired) electrons. The predicted octanol–water partition coefficient (Wildman–Crippen LogP) is 2.03. The van der Waals surface area contributed by atoms with Gasteiger partial charge in [-0.25, -0.2) is 9.78 Å². The standard InChI is InChI=1S/C20H22N6O4/c1-24-12-13-9-15(17(30-2)10-16(13)23-24)19(27)22-18-4-3-14(11-21-18)25-5-7-26(8-6-25)20(28)29/h3-4,9-12H,5-8H2,1-2H3,(H,28,29)(H,21,22,27). The first kappa shape index (κ1) is 19.5. The number of carbonyl (C=O) groups excluding carboxylic acids is 1. The zero-order valence-corrected chi connectivity index (χ0v) is 16.7. The number of aromatic nitrogens is 3. The first-order chi connectivity index (χ1) is 14.4. The van der Waals surface area contributed by atoms with Gasteiger partial charge in [0.15, 0.2) is 0 Å². The molecule has 2 amide bonds. The van der Waals surface area contributed by atoms with Crippen LogP contribution in [0.25, 0.3) is 10.9 Å². The van der Waals surface area contributed by atoms with Gasteiger partial charge in [0.25, 0.3) is 5.91 Å². The second-order valence-electron chi connectivity index (χ2n) is 7.03. The van der Waals surface area contributed by atoms with Gasteiger partial charge in [0, 0.05) is 50.9 Å². The van der Waals surface area contributed by atoms with E-state index in [9.17, 15) is 9.59 Å². The van der Waals surface area contributed by atoms with Crippen LogP contribution in [0.15, 0.2) is 36.7 Å². The molecule has 0 saturated carbocycles. The quantitative estimate of drug-likeness (QED) is 0.677. The van der Waals surface area contributed by atoms with Crippen LogP contribution in [0.1, 0.15) is 10.4 Å². The van der Waals surface area contributed by atoms with Crippen molar-refractivity contribution in [1.29, 1.82) is 0 Å². The number of rotatable bonds is 4. The fourth-order valence-electron chi connectivity index (χ4n) is 3.51. The number of anilines is 2. The Bertz CT molecular complexity index is 1090. The highest BCUT2D eigenvalue weighted by molar-refractivity contribution is 6.08. The van der Waals surface area contributed by atoms with E-state index in [2.05, 4.69) is 20.3 Å². The fraction of sp³-hybridized carbons (Fsp3) is 0.300. The number of carboxylic acid groups (broad SMARTS) is 1. The van der Waals surface area contributed by atoms with Gasteiger partial charge in [0.2, 0.25) is 0 Å². The van der Waals surface area contributed by atoms with Crippen LogP contribution in [-0.4, -0.2) is 70.1 Å². The number of ether oxygens (including phenoxy) is 1. The number of nitrogens with one attached hydrogen (secondary N) is 1. The van der Waals surface area contributed by atoms with Gasteiger partial charge < -0.3 is 25.0 Å². The largest absolute Gasteiger partial charge is 0.496 e. The number of piperazine rings is 1. The molecule has 156 valence electrons. The fourth-order valence-corrected chi connectivity index (χ4v) is 3.51. The normalized spacial score (nSPS) is 14.1. The van der Waals surface area contributed by atoms with E-state index in [-0.39, 0.29) is 5.91 Å². The third-order valence-corrected chi connectivity index (χ3v) is 5.09. The third kappa shape index (κ3) is 3.84. The molecule has 4 rings (SSSR count). The van der Waals surface area contributed by atoms with Crippen LogP contribution in [0.4, 0.5) is 16.3 Å². The summed E-state index contributed by atoms with van der Waals surface area (Å²) < 4.78 is 7.05. The number of hydrogen-bond donors (Lipinski definition) is 2. The molecular weight excluding hydrogens is 388 g/mol. The summed E-state index contributed by atoms with van der Waals surface area (Å²) in [6, 6.07) is 7.07. The van der Waals surface area contributed by atoms with E-state index < -0.39 is 6.09 Å². The van der Waals surface area contributed by atoms with Crippen molar-refractivity contribution >= 4 is 34.4 Å². The molecule has 1 aliphatic heterocycles. The Morgan fingerprint density at radius 1 is 1.17 bits per heavy atom. The van der Waals surface area contributed by atoms with Crippen LogP contribution in [-0.2, 0) is 7.05 Å². The lowest BCUT2D eigenvalue weighted by atomic mass is 10.1. The van der Waals surface area contributed by atoms with E-state index in [1.54, 1.807) is 29.1 Å². The van der Waals surface area contributed by atoms with Crippen molar-refractivity contribution in [2.24, 2.45) is 7.05 Å². The average Bonchev–Trinajstić information content (AvgIpc) is 3.12. The number of nitrogens with zero attached hydrogens (tertiary/aromatic N) is 5. The highest BCUT2D eigenvalue weighted by Gasteiger charge is 2.21. The number of carbonyl (C=O) groups is 2. The minimum atomic E-state index is -0.897. The van der Waals surface area contributed by atoms with E-state index in [0.717, 1.165) is 16.6 Å². The van der Waals surface area contributed by atoms with Crippen LogP contribution in [0.5, 0.6) is 5.75 Å². The summed E-state index contributed by atoms with van der Waals surface area (Å²) in [5.41, 5.74) is 2.03. The molecule has 0 unspecified atom stereocenters. The van der Waals surface area contributed by atoms with E-state index in [1.807, 2.05) is 19.3 Å². The summed E-state index contributed by atoms with van der Waals surface area (Å²) in [5.74, 6) is 0.529. The molecule has 10 heteroatoms. The van der Waals surface area contributed by atoms with Crippen molar-refractivity contribution in [1.82, 2.24) is 19.7 Å². The maximum absolute atomic E-state index is 12.8. The van der Waals surface area contributed by atoms with E-state index in [4.69, 9.17) is 9.84 Å². The molecule has 1 aromatic carbocycles. The topological polar surface area (TPSA) is 113 Å². The monoisotopic (exact) mass is 410 g/mol. The minimum absolute atomic E-state index is 0.326. The van der Waals surface area contributed by atoms with Gasteiger partial charge in [-0.2, -0.15) is 5.10 Å². The van der Waals surface area contributed by atoms with Crippen molar-refractivity contribution < 1.29 is 19.4 Å². The van der Waals surface area contributed by atoms with E-state index in [1.165, 1.54) is 12.0 Å².